The number of esters is 1. The molecule has 0 radical (unpaired) electrons. The number of ether oxygens (including phenoxy) is 1. The molecule has 0 heterocycles. The molecular weight excluding hydrogens is 404 g/mol. The fraction of sp³-hybridized carbons (Fsp3) is 0.278. The van der Waals surface area contributed by atoms with Crippen molar-refractivity contribution in [3.8, 4) is 0 Å². The number of sulfonamides is 2. The first-order valence-corrected chi connectivity index (χ1v) is 11.2. The summed E-state index contributed by atoms with van der Waals surface area (Å²) < 4.78 is 57.3. The highest BCUT2D eigenvalue weighted by molar-refractivity contribution is 7.89. The van der Waals surface area contributed by atoms with E-state index in [1.165, 1.54) is 45.3 Å². The third-order valence-corrected chi connectivity index (χ3v) is 7.16. The van der Waals surface area contributed by atoms with Crippen molar-refractivity contribution in [2.24, 2.45) is 0 Å². The molecule has 0 aliphatic carbocycles. The number of carbonyl (C=O) groups is 1. The SMILES string of the molecule is C[C@H](NS(=O)(=O)c1ccccc1)C(=O)OCc1cccc(S(=O)(=O)N(C)C)c1. The maximum atomic E-state index is 12.2. The molecule has 0 saturated carbocycles. The van der Waals surface area contributed by atoms with Crippen LogP contribution in [0.2, 0.25) is 0 Å². The van der Waals surface area contributed by atoms with Gasteiger partial charge in [-0.05, 0) is 36.8 Å². The zero-order chi connectivity index (χ0) is 20.9. The van der Waals surface area contributed by atoms with Crippen LogP contribution in [0, 0.1) is 0 Å². The van der Waals surface area contributed by atoms with Crippen LogP contribution in [0.5, 0.6) is 0 Å². The molecule has 1 N–H and O–H groups in total. The lowest BCUT2D eigenvalue weighted by molar-refractivity contribution is -0.146. The topological polar surface area (TPSA) is 110 Å². The van der Waals surface area contributed by atoms with Crippen molar-refractivity contribution < 1.29 is 26.4 Å². The summed E-state index contributed by atoms with van der Waals surface area (Å²) in [5.74, 6) is -0.777. The van der Waals surface area contributed by atoms with Gasteiger partial charge < -0.3 is 4.74 Å². The van der Waals surface area contributed by atoms with Gasteiger partial charge in [-0.15, -0.1) is 0 Å². The first-order chi connectivity index (χ1) is 13.0. The van der Waals surface area contributed by atoms with Gasteiger partial charge in [-0.2, -0.15) is 4.72 Å². The molecular formula is C18H22N2O6S2. The molecule has 0 fully saturated rings. The van der Waals surface area contributed by atoms with Crippen LogP contribution in [0.25, 0.3) is 0 Å². The molecule has 28 heavy (non-hydrogen) atoms. The molecule has 2 rings (SSSR count). The van der Waals surface area contributed by atoms with Crippen LogP contribution in [0.4, 0.5) is 0 Å². The van der Waals surface area contributed by atoms with Crippen LogP contribution >= 0.6 is 0 Å². The number of benzene rings is 2. The summed E-state index contributed by atoms with van der Waals surface area (Å²) in [6, 6.07) is 12.5. The van der Waals surface area contributed by atoms with Gasteiger partial charge in [-0.3, -0.25) is 4.79 Å². The van der Waals surface area contributed by atoms with E-state index in [1.54, 1.807) is 30.3 Å². The number of nitrogens with zero attached hydrogens (tertiary/aromatic N) is 1. The summed E-state index contributed by atoms with van der Waals surface area (Å²) >= 11 is 0. The van der Waals surface area contributed by atoms with Crippen molar-refractivity contribution in [3.63, 3.8) is 0 Å². The standard InChI is InChI=1S/C18H22N2O6S2/c1-14(19-27(22,23)16-9-5-4-6-10-16)18(21)26-13-15-8-7-11-17(12-15)28(24,25)20(2)3/h4-12,14,19H,13H2,1-3H3/t14-/m0/s1. The Morgan fingerprint density at radius 2 is 1.61 bits per heavy atom. The molecule has 0 spiro atoms. The molecule has 0 aliphatic rings. The second-order valence-corrected chi connectivity index (χ2v) is 10.1. The Kier molecular flexibility index (Phi) is 6.94. The van der Waals surface area contributed by atoms with Crippen molar-refractivity contribution in [2.75, 3.05) is 14.1 Å². The van der Waals surface area contributed by atoms with Crippen molar-refractivity contribution in [2.45, 2.75) is 29.4 Å². The lowest BCUT2D eigenvalue weighted by Gasteiger charge is -2.15. The van der Waals surface area contributed by atoms with E-state index < -0.39 is 32.1 Å². The van der Waals surface area contributed by atoms with Gasteiger partial charge in [0.15, 0.2) is 0 Å². The maximum absolute atomic E-state index is 12.2. The summed E-state index contributed by atoms with van der Waals surface area (Å²) in [5, 5.41) is 0. The van der Waals surface area contributed by atoms with E-state index in [-0.39, 0.29) is 16.4 Å². The summed E-state index contributed by atoms with van der Waals surface area (Å²) in [7, 11) is -4.63. The monoisotopic (exact) mass is 426 g/mol. The van der Waals surface area contributed by atoms with Gasteiger partial charge in [0.1, 0.15) is 12.6 Å². The summed E-state index contributed by atoms with van der Waals surface area (Å²) in [6.07, 6.45) is 0. The smallest absolute Gasteiger partial charge is 0.324 e. The van der Waals surface area contributed by atoms with Crippen LogP contribution in [0.1, 0.15) is 12.5 Å². The minimum absolute atomic E-state index is 0.0382. The van der Waals surface area contributed by atoms with Crippen molar-refractivity contribution in [1.29, 1.82) is 0 Å². The van der Waals surface area contributed by atoms with Gasteiger partial charge in [0, 0.05) is 14.1 Å². The number of hydrogen-bond acceptors (Lipinski definition) is 6. The molecule has 8 nitrogen and oxygen atoms in total. The maximum Gasteiger partial charge on any atom is 0.324 e. The fourth-order valence-corrected chi connectivity index (χ4v) is 4.42. The molecule has 0 bridgehead atoms. The van der Waals surface area contributed by atoms with Crippen LogP contribution in [0.3, 0.4) is 0 Å². The number of carbonyl (C=O) groups excluding carboxylic acids is 1. The van der Waals surface area contributed by atoms with Crippen molar-refractivity contribution >= 4 is 26.0 Å². The lowest BCUT2D eigenvalue weighted by Crippen LogP contribution is -2.39. The van der Waals surface area contributed by atoms with Crippen LogP contribution in [-0.4, -0.2) is 47.2 Å². The van der Waals surface area contributed by atoms with Crippen molar-refractivity contribution in [1.82, 2.24) is 9.03 Å². The fourth-order valence-electron chi connectivity index (χ4n) is 2.23. The highest BCUT2D eigenvalue weighted by Crippen LogP contribution is 2.16. The normalized spacial score (nSPS) is 13.3. The summed E-state index contributed by atoms with van der Waals surface area (Å²) in [5.41, 5.74) is 0.467. The second-order valence-electron chi connectivity index (χ2n) is 6.20. The van der Waals surface area contributed by atoms with Crippen molar-refractivity contribution in [3.05, 3.63) is 60.2 Å². The molecule has 0 saturated heterocycles. The molecule has 0 aromatic heterocycles. The second kappa shape index (κ2) is 8.82. The summed E-state index contributed by atoms with van der Waals surface area (Å²) in [6.45, 7) is 1.18. The average Bonchev–Trinajstić information content (AvgIpc) is 2.66. The summed E-state index contributed by atoms with van der Waals surface area (Å²) in [4.78, 5) is 12.3. The van der Waals surface area contributed by atoms with E-state index in [2.05, 4.69) is 4.72 Å². The number of rotatable bonds is 8. The predicted octanol–water partition coefficient (Wildman–Crippen LogP) is 1.35. The Hall–Kier alpha value is -2.27. The molecule has 1 atom stereocenters. The zero-order valence-corrected chi connectivity index (χ0v) is 17.3. The third-order valence-electron chi connectivity index (χ3n) is 3.80. The molecule has 10 heteroatoms. The Morgan fingerprint density at radius 1 is 1.00 bits per heavy atom. The van der Waals surface area contributed by atoms with Gasteiger partial charge in [0.25, 0.3) is 0 Å². The first kappa shape index (κ1) is 22.0. The minimum atomic E-state index is -3.86. The number of nitrogens with one attached hydrogen (secondary N) is 1. The molecule has 152 valence electrons. The van der Waals surface area contributed by atoms with E-state index in [9.17, 15) is 21.6 Å². The molecule has 0 unspecified atom stereocenters. The lowest BCUT2D eigenvalue weighted by atomic mass is 10.2. The van der Waals surface area contributed by atoms with E-state index >= 15 is 0 Å². The average molecular weight is 427 g/mol. The van der Waals surface area contributed by atoms with E-state index in [0.29, 0.717) is 5.56 Å². The van der Waals surface area contributed by atoms with Gasteiger partial charge in [-0.25, -0.2) is 21.1 Å². The number of hydrogen-bond donors (Lipinski definition) is 1. The zero-order valence-electron chi connectivity index (χ0n) is 15.7. The van der Waals surface area contributed by atoms with E-state index in [1.807, 2.05) is 0 Å². The Bertz CT molecular complexity index is 1030. The Balaban J connectivity index is 2.02. The molecule has 2 aromatic carbocycles. The quantitative estimate of drug-likeness (QED) is 0.638. The van der Waals surface area contributed by atoms with Gasteiger partial charge in [-0.1, -0.05) is 30.3 Å². The largest absolute Gasteiger partial charge is 0.460 e. The van der Waals surface area contributed by atoms with Gasteiger partial charge in [0.2, 0.25) is 20.0 Å². The van der Waals surface area contributed by atoms with Crippen LogP contribution in [0.15, 0.2) is 64.4 Å². The first-order valence-electron chi connectivity index (χ1n) is 8.29. The highest BCUT2D eigenvalue weighted by atomic mass is 32.2. The van der Waals surface area contributed by atoms with Crippen LogP contribution < -0.4 is 4.72 Å². The molecule has 2 aromatic rings. The molecule has 0 amide bonds. The Morgan fingerprint density at radius 3 is 2.21 bits per heavy atom. The molecule has 0 aliphatic heterocycles. The van der Waals surface area contributed by atoms with E-state index in [4.69, 9.17) is 4.74 Å². The van der Waals surface area contributed by atoms with Crippen LogP contribution in [-0.2, 0) is 36.2 Å². The minimum Gasteiger partial charge on any atom is -0.460 e. The third kappa shape index (κ3) is 5.38. The van der Waals surface area contributed by atoms with Gasteiger partial charge in [0.05, 0.1) is 9.79 Å². The van der Waals surface area contributed by atoms with Gasteiger partial charge >= 0.3 is 5.97 Å². The van der Waals surface area contributed by atoms with E-state index in [0.717, 1.165) is 4.31 Å². The highest BCUT2D eigenvalue weighted by Gasteiger charge is 2.23. The predicted molar refractivity (Wildman–Crippen MR) is 103 cm³/mol. The Labute approximate surface area is 165 Å².